The van der Waals surface area contributed by atoms with E-state index in [1.807, 2.05) is 0 Å². The standard InChI is InChI=1S/C20H26N2O/c1-21(15-18-6-3-2-4-7-18)16-19-8-5-9-20(14-19)17-22-10-12-23-13-11-22/h2-9,14H,10-13,15-17H2,1H3. The molecule has 23 heavy (non-hydrogen) atoms. The molecule has 0 saturated carbocycles. The van der Waals surface area contributed by atoms with Gasteiger partial charge in [-0.1, -0.05) is 54.6 Å². The minimum atomic E-state index is 0.861. The molecule has 1 aliphatic heterocycles. The highest BCUT2D eigenvalue weighted by molar-refractivity contribution is 5.24. The van der Waals surface area contributed by atoms with Gasteiger partial charge < -0.3 is 4.74 Å². The lowest BCUT2D eigenvalue weighted by molar-refractivity contribution is 0.0342. The number of hydrogen-bond donors (Lipinski definition) is 0. The molecule has 3 rings (SSSR count). The molecule has 0 spiro atoms. The molecular formula is C20H26N2O. The van der Waals surface area contributed by atoms with E-state index in [9.17, 15) is 0 Å². The molecule has 1 saturated heterocycles. The van der Waals surface area contributed by atoms with Crippen molar-refractivity contribution in [3.8, 4) is 0 Å². The third-order valence-corrected chi connectivity index (χ3v) is 4.25. The highest BCUT2D eigenvalue weighted by Crippen LogP contribution is 2.13. The van der Waals surface area contributed by atoms with Gasteiger partial charge in [-0.15, -0.1) is 0 Å². The van der Waals surface area contributed by atoms with Gasteiger partial charge in [0.25, 0.3) is 0 Å². The molecule has 3 nitrogen and oxygen atoms in total. The highest BCUT2D eigenvalue weighted by Gasteiger charge is 2.11. The Morgan fingerprint density at radius 3 is 2.30 bits per heavy atom. The largest absolute Gasteiger partial charge is 0.379 e. The van der Waals surface area contributed by atoms with Crippen LogP contribution in [-0.2, 0) is 24.4 Å². The van der Waals surface area contributed by atoms with Crippen LogP contribution in [-0.4, -0.2) is 43.2 Å². The first-order valence-corrected chi connectivity index (χ1v) is 8.40. The number of benzene rings is 2. The Morgan fingerprint density at radius 2 is 1.52 bits per heavy atom. The summed E-state index contributed by atoms with van der Waals surface area (Å²) in [4.78, 5) is 4.83. The first-order valence-electron chi connectivity index (χ1n) is 8.40. The maximum Gasteiger partial charge on any atom is 0.0594 e. The Bertz CT molecular complexity index is 594. The van der Waals surface area contributed by atoms with Gasteiger partial charge in [-0.2, -0.15) is 0 Å². The fourth-order valence-corrected chi connectivity index (χ4v) is 3.11. The van der Waals surface area contributed by atoms with Crippen LogP contribution in [0, 0.1) is 0 Å². The van der Waals surface area contributed by atoms with Crippen molar-refractivity contribution in [3.63, 3.8) is 0 Å². The number of ether oxygens (including phenoxy) is 1. The lowest BCUT2D eigenvalue weighted by Crippen LogP contribution is -2.35. The van der Waals surface area contributed by atoms with Crippen LogP contribution >= 0.6 is 0 Å². The van der Waals surface area contributed by atoms with Crippen molar-refractivity contribution in [2.24, 2.45) is 0 Å². The monoisotopic (exact) mass is 310 g/mol. The molecule has 1 fully saturated rings. The molecule has 0 atom stereocenters. The van der Waals surface area contributed by atoms with E-state index in [4.69, 9.17) is 4.74 Å². The lowest BCUT2D eigenvalue weighted by atomic mass is 10.1. The quantitative estimate of drug-likeness (QED) is 0.815. The Kier molecular flexibility index (Phi) is 5.81. The Balaban J connectivity index is 1.56. The van der Waals surface area contributed by atoms with Crippen LogP contribution in [0.3, 0.4) is 0 Å². The Hall–Kier alpha value is -1.68. The topological polar surface area (TPSA) is 15.7 Å². The molecule has 0 bridgehead atoms. The zero-order valence-electron chi connectivity index (χ0n) is 13.9. The summed E-state index contributed by atoms with van der Waals surface area (Å²) < 4.78 is 5.42. The van der Waals surface area contributed by atoms with Gasteiger partial charge in [0.2, 0.25) is 0 Å². The van der Waals surface area contributed by atoms with E-state index in [0.717, 1.165) is 45.9 Å². The molecule has 0 radical (unpaired) electrons. The van der Waals surface area contributed by atoms with Crippen molar-refractivity contribution in [3.05, 3.63) is 71.3 Å². The number of nitrogens with zero attached hydrogens (tertiary/aromatic N) is 2. The van der Waals surface area contributed by atoms with Crippen molar-refractivity contribution >= 4 is 0 Å². The van der Waals surface area contributed by atoms with Crippen LogP contribution in [0.15, 0.2) is 54.6 Å². The van der Waals surface area contributed by atoms with E-state index in [-0.39, 0.29) is 0 Å². The lowest BCUT2D eigenvalue weighted by Gasteiger charge is -2.26. The molecule has 1 aliphatic rings. The molecule has 0 aliphatic carbocycles. The zero-order chi connectivity index (χ0) is 15.9. The predicted molar refractivity (Wildman–Crippen MR) is 94.2 cm³/mol. The summed E-state index contributed by atoms with van der Waals surface area (Å²) in [5.74, 6) is 0. The summed E-state index contributed by atoms with van der Waals surface area (Å²) in [6.07, 6.45) is 0. The normalized spacial score (nSPS) is 15.9. The smallest absolute Gasteiger partial charge is 0.0594 e. The van der Waals surface area contributed by atoms with Crippen LogP contribution < -0.4 is 0 Å². The summed E-state index contributed by atoms with van der Waals surface area (Å²) in [5, 5.41) is 0. The van der Waals surface area contributed by atoms with Crippen molar-refractivity contribution in [1.82, 2.24) is 9.80 Å². The van der Waals surface area contributed by atoms with E-state index in [1.54, 1.807) is 0 Å². The van der Waals surface area contributed by atoms with Gasteiger partial charge in [0.1, 0.15) is 0 Å². The van der Waals surface area contributed by atoms with Gasteiger partial charge in [-0.3, -0.25) is 9.80 Å². The van der Waals surface area contributed by atoms with E-state index in [0.29, 0.717) is 0 Å². The average Bonchev–Trinajstić information content (AvgIpc) is 2.57. The summed E-state index contributed by atoms with van der Waals surface area (Å²) >= 11 is 0. The molecule has 3 heteroatoms. The first-order chi connectivity index (χ1) is 11.3. The molecule has 122 valence electrons. The summed E-state index contributed by atoms with van der Waals surface area (Å²) in [5.41, 5.74) is 4.14. The van der Waals surface area contributed by atoms with Crippen LogP contribution in [0.5, 0.6) is 0 Å². The van der Waals surface area contributed by atoms with Crippen molar-refractivity contribution in [2.75, 3.05) is 33.4 Å². The molecule has 0 amide bonds. The molecule has 2 aromatic rings. The van der Waals surface area contributed by atoms with Crippen molar-refractivity contribution < 1.29 is 4.74 Å². The van der Waals surface area contributed by atoms with Crippen molar-refractivity contribution in [2.45, 2.75) is 19.6 Å². The summed E-state index contributed by atoms with van der Waals surface area (Å²) in [7, 11) is 2.18. The number of rotatable bonds is 6. The molecule has 2 aromatic carbocycles. The second-order valence-corrected chi connectivity index (χ2v) is 6.37. The van der Waals surface area contributed by atoms with Crippen LogP contribution in [0.1, 0.15) is 16.7 Å². The SMILES string of the molecule is CN(Cc1ccccc1)Cc1cccc(CN2CCOCC2)c1. The molecular weight excluding hydrogens is 284 g/mol. The predicted octanol–water partition coefficient (Wildman–Crippen LogP) is 3.15. The molecule has 0 aromatic heterocycles. The zero-order valence-corrected chi connectivity index (χ0v) is 13.9. The Morgan fingerprint density at radius 1 is 0.870 bits per heavy atom. The number of morpholine rings is 1. The van der Waals surface area contributed by atoms with Gasteiger partial charge in [-0.05, 0) is 23.7 Å². The van der Waals surface area contributed by atoms with Crippen molar-refractivity contribution in [1.29, 1.82) is 0 Å². The highest BCUT2D eigenvalue weighted by atomic mass is 16.5. The fourth-order valence-electron chi connectivity index (χ4n) is 3.11. The van der Waals surface area contributed by atoms with Gasteiger partial charge in [0, 0.05) is 32.7 Å². The molecule has 0 N–H and O–H groups in total. The fraction of sp³-hybridized carbons (Fsp3) is 0.400. The summed E-state index contributed by atoms with van der Waals surface area (Å²) in [6.45, 7) is 6.79. The molecule has 0 unspecified atom stereocenters. The number of hydrogen-bond acceptors (Lipinski definition) is 3. The second-order valence-electron chi connectivity index (χ2n) is 6.37. The Labute approximate surface area is 139 Å². The van der Waals surface area contributed by atoms with Crippen LogP contribution in [0.2, 0.25) is 0 Å². The summed E-state index contributed by atoms with van der Waals surface area (Å²) in [6, 6.07) is 19.6. The third-order valence-electron chi connectivity index (χ3n) is 4.25. The minimum Gasteiger partial charge on any atom is -0.379 e. The second kappa shape index (κ2) is 8.25. The van der Waals surface area contributed by atoms with E-state index in [2.05, 4.69) is 71.4 Å². The molecule has 1 heterocycles. The first kappa shape index (κ1) is 16.2. The van der Waals surface area contributed by atoms with Gasteiger partial charge in [-0.25, -0.2) is 0 Å². The van der Waals surface area contributed by atoms with Gasteiger partial charge in [0.15, 0.2) is 0 Å². The van der Waals surface area contributed by atoms with E-state index < -0.39 is 0 Å². The van der Waals surface area contributed by atoms with Gasteiger partial charge >= 0.3 is 0 Å². The third kappa shape index (κ3) is 5.17. The minimum absolute atomic E-state index is 0.861. The van der Waals surface area contributed by atoms with Gasteiger partial charge in [0.05, 0.1) is 13.2 Å². The van der Waals surface area contributed by atoms with E-state index in [1.165, 1.54) is 16.7 Å². The average molecular weight is 310 g/mol. The van der Waals surface area contributed by atoms with Crippen LogP contribution in [0.4, 0.5) is 0 Å². The maximum absolute atomic E-state index is 5.42. The maximum atomic E-state index is 5.42. The van der Waals surface area contributed by atoms with Crippen LogP contribution in [0.25, 0.3) is 0 Å². The van der Waals surface area contributed by atoms with E-state index >= 15 is 0 Å².